The van der Waals surface area contributed by atoms with Crippen LogP contribution >= 0.6 is 11.6 Å². The highest BCUT2D eigenvalue weighted by atomic mass is 35.5. The number of imidazole rings is 1. The molecule has 10 nitrogen and oxygen atoms in total. The number of hydrogen-bond donors (Lipinski definition) is 3. The summed E-state index contributed by atoms with van der Waals surface area (Å²) in [6, 6.07) is 5.90. The van der Waals surface area contributed by atoms with Gasteiger partial charge in [-0.2, -0.15) is 0 Å². The van der Waals surface area contributed by atoms with E-state index in [2.05, 4.69) is 38.4 Å². The number of benzene rings is 1. The van der Waals surface area contributed by atoms with Gasteiger partial charge in [-0.05, 0) is 12.5 Å². The van der Waals surface area contributed by atoms with Crippen molar-refractivity contribution < 1.29 is 19.0 Å². The quantitative estimate of drug-likeness (QED) is 0.400. The number of pyridine rings is 1. The van der Waals surface area contributed by atoms with E-state index in [1.807, 2.05) is 12.1 Å². The van der Waals surface area contributed by atoms with Crippen LogP contribution in [0.3, 0.4) is 0 Å². The van der Waals surface area contributed by atoms with Crippen LogP contribution in [-0.4, -0.2) is 71.5 Å². The second-order valence-electron chi connectivity index (χ2n) is 9.67. The maximum atomic E-state index is 11.6. The lowest BCUT2D eigenvalue weighted by Crippen LogP contribution is -2.41. The number of para-hydroxylation sites is 1. The molecule has 3 heterocycles. The van der Waals surface area contributed by atoms with Crippen molar-refractivity contribution in [2.45, 2.75) is 25.1 Å². The summed E-state index contributed by atoms with van der Waals surface area (Å²) in [5, 5.41) is 3.97. The van der Waals surface area contributed by atoms with Crippen molar-refractivity contribution in [1.82, 2.24) is 19.9 Å². The Labute approximate surface area is 219 Å². The number of methoxy groups -OCH3 is 1. The molecule has 0 spiro atoms. The number of rotatable bonds is 7. The van der Waals surface area contributed by atoms with Crippen molar-refractivity contribution in [1.29, 1.82) is 0 Å². The number of primary amides is 1. The molecule has 1 saturated carbocycles. The minimum Gasteiger partial charge on any atom is -0.496 e. The van der Waals surface area contributed by atoms with Crippen molar-refractivity contribution in [3.05, 3.63) is 47.1 Å². The minimum atomic E-state index is -0.781. The van der Waals surface area contributed by atoms with Gasteiger partial charge in [0.05, 0.1) is 48.8 Å². The Morgan fingerprint density at radius 1 is 1.30 bits per heavy atom. The van der Waals surface area contributed by atoms with Gasteiger partial charge in [-0.15, -0.1) is 0 Å². The molecule has 4 N–H and O–H groups in total. The average molecular weight is 525 g/mol. The molecular weight excluding hydrogens is 496 g/mol. The van der Waals surface area contributed by atoms with Gasteiger partial charge in [0.1, 0.15) is 23.2 Å². The van der Waals surface area contributed by atoms with E-state index in [-0.39, 0.29) is 24.0 Å². The summed E-state index contributed by atoms with van der Waals surface area (Å²) in [7, 11) is 1.67. The van der Waals surface area contributed by atoms with Crippen molar-refractivity contribution >= 4 is 34.5 Å². The smallest absolute Gasteiger partial charge is 0.404 e. The number of nitrogens with zero attached hydrogens (tertiary/aromatic N) is 3. The summed E-state index contributed by atoms with van der Waals surface area (Å²) in [5.41, 5.74) is 9.14. The number of morpholine rings is 1. The third kappa shape index (κ3) is 4.49. The number of nitrogens with two attached hydrogens (primary N) is 1. The SMILES string of the molecule is COc1c(CN2CCOCC2)cccc1-c1nc2ncc(Cl)c(N[C@H]3[C@@H](OC(N)=O)[C@@H]4C=C[C@H]3C4)c2[nH]1. The number of carbonyl (C=O) groups excluding carboxylic acids is 1. The minimum absolute atomic E-state index is 0.127. The Morgan fingerprint density at radius 2 is 2.11 bits per heavy atom. The van der Waals surface area contributed by atoms with E-state index >= 15 is 0 Å². The van der Waals surface area contributed by atoms with Crippen LogP contribution < -0.4 is 15.8 Å². The van der Waals surface area contributed by atoms with Gasteiger partial charge < -0.3 is 30.2 Å². The predicted molar refractivity (Wildman–Crippen MR) is 140 cm³/mol. The number of nitrogens with one attached hydrogen (secondary N) is 2. The van der Waals surface area contributed by atoms with Gasteiger partial charge in [-0.3, -0.25) is 4.90 Å². The van der Waals surface area contributed by atoms with Gasteiger partial charge in [-0.1, -0.05) is 35.9 Å². The molecule has 1 aliphatic heterocycles. The number of hydrogen-bond acceptors (Lipinski definition) is 8. The Morgan fingerprint density at radius 3 is 2.89 bits per heavy atom. The number of amides is 1. The monoisotopic (exact) mass is 524 g/mol. The van der Waals surface area contributed by atoms with Crippen LogP contribution in [0.1, 0.15) is 12.0 Å². The molecular formula is C26H29ClN6O4. The van der Waals surface area contributed by atoms with E-state index in [1.165, 1.54) is 0 Å². The number of aromatic amines is 1. The van der Waals surface area contributed by atoms with Gasteiger partial charge >= 0.3 is 6.09 Å². The van der Waals surface area contributed by atoms with E-state index in [0.29, 0.717) is 27.7 Å². The highest BCUT2D eigenvalue weighted by molar-refractivity contribution is 6.34. The molecule has 37 heavy (non-hydrogen) atoms. The molecule has 2 bridgehead atoms. The summed E-state index contributed by atoms with van der Waals surface area (Å²) in [5.74, 6) is 1.72. The Hall–Kier alpha value is -3.34. The molecule has 0 unspecified atom stereocenters. The highest BCUT2D eigenvalue weighted by Crippen LogP contribution is 2.44. The topological polar surface area (TPSA) is 128 Å². The Kier molecular flexibility index (Phi) is 6.39. The van der Waals surface area contributed by atoms with Crippen LogP contribution in [0.5, 0.6) is 5.75 Å². The van der Waals surface area contributed by atoms with E-state index in [9.17, 15) is 4.79 Å². The molecule has 1 amide bonds. The largest absolute Gasteiger partial charge is 0.496 e. The van der Waals surface area contributed by atoms with Crippen LogP contribution in [-0.2, 0) is 16.0 Å². The molecule has 2 aliphatic carbocycles. The number of ether oxygens (including phenoxy) is 3. The van der Waals surface area contributed by atoms with Crippen LogP contribution in [0, 0.1) is 11.8 Å². The van der Waals surface area contributed by atoms with Crippen LogP contribution in [0.15, 0.2) is 36.5 Å². The fraction of sp³-hybridized carbons (Fsp3) is 0.423. The van der Waals surface area contributed by atoms with Crippen molar-refractivity contribution in [2.75, 3.05) is 38.7 Å². The highest BCUT2D eigenvalue weighted by Gasteiger charge is 2.47. The van der Waals surface area contributed by atoms with Gasteiger partial charge in [0.25, 0.3) is 0 Å². The van der Waals surface area contributed by atoms with E-state index in [4.69, 9.17) is 36.5 Å². The summed E-state index contributed by atoms with van der Waals surface area (Å²) in [4.78, 5) is 26.5. The van der Waals surface area contributed by atoms with Gasteiger partial charge in [0, 0.05) is 37.0 Å². The molecule has 11 heteroatoms. The zero-order chi connectivity index (χ0) is 25.5. The predicted octanol–water partition coefficient (Wildman–Crippen LogP) is 3.57. The van der Waals surface area contributed by atoms with Crippen LogP contribution in [0.25, 0.3) is 22.6 Å². The van der Waals surface area contributed by atoms with Crippen LogP contribution in [0.4, 0.5) is 10.5 Å². The fourth-order valence-electron chi connectivity index (χ4n) is 5.77. The van der Waals surface area contributed by atoms with Crippen LogP contribution in [0.2, 0.25) is 5.02 Å². The van der Waals surface area contributed by atoms with E-state index in [1.54, 1.807) is 13.3 Å². The van der Waals surface area contributed by atoms with Gasteiger partial charge in [-0.25, -0.2) is 14.8 Å². The number of halogens is 1. The lowest BCUT2D eigenvalue weighted by atomic mass is 9.98. The molecule has 4 atom stereocenters. The molecule has 2 fully saturated rings. The third-order valence-electron chi connectivity index (χ3n) is 7.48. The van der Waals surface area contributed by atoms with Crippen molar-refractivity contribution in [2.24, 2.45) is 17.6 Å². The zero-order valence-corrected chi connectivity index (χ0v) is 21.2. The summed E-state index contributed by atoms with van der Waals surface area (Å²) >= 11 is 6.62. The molecule has 3 aromatic rings. The summed E-state index contributed by atoms with van der Waals surface area (Å²) in [6.07, 6.45) is 5.56. The molecule has 1 saturated heterocycles. The first-order chi connectivity index (χ1) is 18.0. The fourth-order valence-corrected chi connectivity index (χ4v) is 5.96. The Bertz CT molecular complexity index is 1350. The lowest BCUT2D eigenvalue weighted by molar-refractivity contribution is 0.0339. The first kappa shape index (κ1) is 24.0. The number of carbonyl (C=O) groups is 1. The first-order valence-corrected chi connectivity index (χ1v) is 12.8. The molecule has 3 aliphatic rings. The number of aromatic nitrogens is 3. The number of H-pyrrole nitrogens is 1. The second kappa shape index (κ2) is 9.85. The average Bonchev–Trinajstić information content (AvgIpc) is 3.62. The van der Waals surface area contributed by atoms with Crippen molar-refractivity contribution in [3.63, 3.8) is 0 Å². The summed E-state index contributed by atoms with van der Waals surface area (Å²) in [6.45, 7) is 3.99. The maximum Gasteiger partial charge on any atom is 0.404 e. The third-order valence-corrected chi connectivity index (χ3v) is 7.76. The maximum absolute atomic E-state index is 11.6. The zero-order valence-electron chi connectivity index (χ0n) is 20.4. The second-order valence-corrected chi connectivity index (χ2v) is 10.1. The van der Waals surface area contributed by atoms with Gasteiger partial charge in [0.15, 0.2) is 5.65 Å². The van der Waals surface area contributed by atoms with E-state index in [0.717, 1.165) is 56.1 Å². The molecule has 0 radical (unpaired) electrons. The number of anilines is 1. The van der Waals surface area contributed by atoms with Crippen molar-refractivity contribution in [3.8, 4) is 17.1 Å². The van der Waals surface area contributed by atoms with E-state index < -0.39 is 6.09 Å². The molecule has 6 rings (SSSR count). The standard InChI is InChI=1S/C26H29ClN6O4/c1-35-22-16(13-33-7-9-36-10-8-33)3-2-4-17(22)24-31-21-20(18(27)12-29-25(21)32-24)30-19-14-5-6-15(11-14)23(19)37-26(28)34/h2-6,12,14-15,19,23H,7-11,13H2,1H3,(H2,28,34)(H2,29,30,31,32)/t14-,15+,19+,23-/m0/s1. The molecule has 2 aromatic heterocycles. The molecule has 1 aromatic carbocycles. The number of fused-ring (bicyclic) bond motifs is 3. The van der Waals surface area contributed by atoms with Gasteiger partial charge in [0.2, 0.25) is 0 Å². The lowest BCUT2D eigenvalue weighted by Gasteiger charge is -2.29. The molecule has 194 valence electrons. The Balaban J connectivity index is 1.34. The summed E-state index contributed by atoms with van der Waals surface area (Å²) < 4.78 is 16.8. The normalized spacial score (nSPS) is 25.0. The first-order valence-electron chi connectivity index (χ1n) is 12.4.